The molecule has 0 heterocycles. The number of nitrogens with zero attached hydrogens (tertiary/aromatic N) is 1. The number of aryl methyl sites for hydroxylation is 1. The smallest absolute Gasteiger partial charge is 0.125 e. The molecule has 0 aliphatic rings. The fourth-order valence-corrected chi connectivity index (χ4v) is 1.48. The third kappa shape index (κ3) is 3.59. The largest absolute Gasteiger partial charge is 0.370 e. The summed E-state index contributed by atoms with van der Waals surface area (Å²) in [5.74, 6) is -0.273. The molecule has 0 aliphatic carbocycles. The third-order valence-electron chi connectivity index (χ3n) is 2.12. The van der Waals surface area contributed by atoms with Gasteiger partial charge >= 0.3 is 0 Å². The van der Waals surface area contributed by atoms with Crippen molar-refractivity contribution in [2.75, 3.05) is 5.32 Å². The van der Waals surface area contributed by atoms with Gasteiger partial charge in [-0.25, -0.2) is 4.39 Å². The monoisotopic (exact) mass is 206 g/mol. The highest BCUT2D eigenvalue weighted by Crippen LogP contribution is 2.15. The van der Waals surface area contributed by atoms with Crippen LogP contribution in [-0.4, -0.2) is 6.04 Å². The van der Waals surface area contributed by atoms with E-state index in [1.54, 1.807) is 0 Å². The molecule has 0 bridgehead atoms. The number of benzene rings is 1. The van der Waals surface area contributed by atoms with Gasteiger partial charge in [-0.05, 0) is 37.1 Å². The van der Waals surface area contributed by atoms with Crippen molar-refractivity contribution in [1.29, 1.82) is 5.26 Å². The van der Waals surface area contributed by atoms with E-state index in [1.807, 2.05) is 19.9 Å². The molecule has 3 heteroatoms. The van der Waals surface area contributed by atoms with Crippen molar-refractivity contribution in [2.45, 2.75) is 32.7 Å². The zero-order chi connectivity index (χ0) is 11.3. The van der Waals surface area contributed by atoms with Gasteiger partial charge in [-0.1, -0.05) is 13.3 Å². The molecule has 15 heavy (non-hydrogen) atoms. The summed E-state index contributed by atoms with van der Waals surface area (Å²) in [6, 6.07) is 6.63. The Morgan fingerprint density at radius 3 is 2.73 bits per heavy atom. The Morgan fingerprint density at radius 2 is 2.20 bits per heavy atom. The maximum absolute atomic E-state index is 13.0. The van der Waals surface area contributed by atoms with Crippen molar-refractivity contribution in [2.24, 2.45) is 0 Å². The topological polar surface area (TPSA) is 35.8 Å². The van der Waals surface area contributed by atoms with E-state index in [0.29, 0.717) is 5.69 Å². The van der Waals surface area contributed by atoms with Crippen LogP contribution < -0.4 is 5.32 Å². The lowest BCUT2D eigenvalue weighted by Gasteiger charge is -2.12. The lowest BCUT2D eigenvalue weighted by Crippen LogP contribution is -2.16. The molecule has 1 aromatic carbocycles. The van der Waals surface area contributed by atoms with Crippen LogP contribution in [0.5, 0.6) is 0 Å². The second kappa shape index (κ2) is 5.35. The van der Waals surface area contributed by atoms with Gasteiger partial charge < -0.3 is 5.32 Å². The maximum Gasteiger partial charge on any atom is 0.125 e. The summed E-state index contributed by atoms with van der Waals surface area (Å²) in [4.78, 5) is 0. The van der Waals surface area contributed by atoms with Crippen molar-refractivity contribution in [3.63, 3.8) is 0 Å². The number of halogens is 1. The molecule has 0 amide bonds. The SMILES string of the molecule is CCCC(C#N)Nc1cc(C)cc(F)c1. The molecule has 0 saturated heterocycles. The zero-order valence-electron chi connectivity index (χ0n) is 9.05. The van der Waals surface area contributed by atoms with Crippen molar-refractivity contribution >= 4 is 5.69 Å². The molecular weight excluding hydrogens is 191 g/mol. The standard InChI is InChI=1S/C12H15FN2/c1-3-4-11(8-14)15-12-6-9(2)5-10(13)7-12/h5-7,11,15H,3-4H2,1-2H3. The van der Waals surface area contributed by atoms with Crippen LogP contribution in [0.15, 0.2) is 18.2 Å². The van der Waals surface area contributed by atoms with E-state index in [9.17, 15) is 4.39 Å². The first-order chi connectivity index (χ1) is 7.15. The molecule has 0 radical (unpaired) electrons. The minimum Gasteiger partial charge on any atom is -0.370 e. The zero-order valence-corrected chi connectivity index (χ0v) is 9.05. The highest BCUT2D eigenvalue weighted by Gasteiger charge is 2.06. The lowest BCUT2D eigenvalue weighted by molar-refractivity contribution is 0.626. The van der Waals surface area contributed by atoms with Gasteiger partial charge in [0.25, 0.3) is 0 Å². The molecule has 1 N–H and O–H groups in total. The van der Waals surface area contributed by atoms with Crippen LogP contribution in [-0.2, 0) is 0 Å². The maximum atomic E-state index is 13.0. The molecule has 0 aromatic heterocycles. The fourth-order valence-electron chi connectivity index (χ4n) is 1.48. The third-order valence-corrected chi connectivity index (χ3v) is 2.12. The van der Waals surface area contributed by atoms with E-state index in [-0.39, 0.29) is 11.9 Å². The quantitative estimate of drug-likeness (QED) is 0.820. The number of anilines is 1. The summed E-state index contributed by atoms with van der Waals surface area (Å²) in [7, 11) is 0. The van der Waals surface area contributed by atoms with Crippen LogP contribution >= 0.6 is 0 Å². The van der Waals surface area contributed by atoms with Crippen molar-refractivity contribution in [3.8, 4) is 6.07 Å². The van der Waals surface area contributed by atoms with E-state index < -0.39 is 0 Å². The number of rotatable bonds is 4. The van der Waals surface area contributed by atoms with E-state index in [4.69, 9.17) is 5.26 Å². The predicted molar refractivity (Wildman–Crippen MR) is 59.1 cm³/mol. The Bertz CT molecular complexity index is 348. The summed E-state index contributed by atoms with van der Waals surface area (Å²) >= 11 is 0. The minimum absolute atomic E-state index is 0.240. The van der Waals surface area contributed by atoms with Gasteiger partial charge in [-0.3, -0.25) is 0 Å². The first-order valence-electron chi connectivity index (χ1n) is 5.09. The lowest BCUT2D eigenvalue weighted by atomic mass is 10.1. The fraction of sp³-hybridized carbons (Fsp3) is 0.417. The Balaban J connectivity index is 2.75. The molecule has 0 fully saturated rings. The molecule has 1 atom stereocenters. The Kier molecular flexibility index (Phi) is 4.11. The Hall–Kier alpha value is -1.56. The van der Waals surface area contributed by atoms with E-state index >= 15 is 0 Å². The molecule has 1 aromatic rings. The average Bonchev–Trinajstić information content (AvgIpc) is 2.15. The van der Waals surface area contributed by atoms with Gasteiger partial charge in [0, 0.05) is 5.69 Å². The van der Waals surface area contributed by atoms with E-state index in [1.165, 1.54) is 12.1 Å². The average molecular weight is 206 g/mol. The summed E-state index contributed by atoms with van der Waals surface area (Å²) in [6.45, 7) is 3.85. The Labute approximate surface area is 89.7 Å². The highest BCUT2D eigenvalue weighted by molar-refractivity contribution is 5.47. The minimum atomic E-state index is -0.273. The normalized spacial score (nSPS) is 11.9. The first kappa shape index (κ1) is 11.5. The highest BCUT2D eigenvalue weighted by atomic mass is 19.1. The van der Waals surface area contributed by atoms with Gasteiger partial charge in [0.15, 0.2) is 0 Å². The molecular formula is C12H15FN2. The molecule has 0 aliphatic heterocycles. The van der Waals surface area contributed by atoms with Gasteiger partial charge in [0.2, 0.25) is 0 Å². The molecule has 0 spiro atoms. The van der Waals surface area contributed by atoms with Crippen LogP contribution in [0.1, 0.15) is 25.3 Å². The number of nitrogens with one attached hydrogen (secondary N) is 1. The van der Waals surface area contributed by atoms with E-state index in [0.717, 1.165) is 18.4 Å². The molecule has 80 valence electrons. The molecule has 2 nitrogen and oxygen atoms in total. The van der Waals surface area contributed by atoms with Crippen LogP contribution in [0, 0.1) is 24.1 Å². The van der Waals surface area contributed by atoms with Gasteiger partial charge in [-0.15, -0.1) is 0 Å². The van der Waals surface area contributed by atoms with Crippen LogP contribution in [0.25, 0.3) is 0 Å². The van der Waals surface area contributed by atoms with Gasteiger partial charge in [-0.2, -0.15) is 5.26 Å². The summed E-state index contributed by atoms with van der Waals surface area (Å²) in [6.07, 6.45) is 1.70. The van der Waals surface area contributed by atoms with Crippen LogP contribution in [0.4, 0.5) is 10.1 Å². The molecule has 1 rings (SSSR count). The number of hydrogen-bond acceptors (Lipinski definition) is 2. The first-order valence-corrected chi connectivity index (χ1v) is 5.09. The van der Waals surface area contributed by atoms with Gasteiger partial charge in [0.05, 0.1) is 6.07 Å². The van der Waals surface area contributed by atoms with Crippen molar-refractivity contribution in [1.82, 2.24) is 0 Å². The predicted octanol–water partition coefficient (Wildman–Crippen LogP) is 3.24. The molecule has 0 saturated carbocycles. The summed E-state index contributed by atoms with van der Waals surface area (Å²) in [5, 5.41) is 11.9. The van der Waals surface area contributed by atoms with Gasteiger partial charge in [0.1, 0.15) is 11.9 Å². The molecule has 1 unspecified atom stereocenters. The van der Waals surface area contributed by atoms with E-state index in [2.05, 4.69) is 11.4 Å². The number of hydrogen-bond donors (Lipinski definition) is 1. The number of nitriles is 1. The second-order valence-electron chi connectivity index (χ2n) is 3.63. The Morgan fingerprint density at radius 1 is 1.47 bits per heavy atom. The summed E-state index contributed by atoms with van der Waals surface area (Å²) in [5.41, 5.74) is 1.53. The van der Waals surface area contributed by atoms with Crippen molar-refractivity contribution < 1.29 is 4.39 Å². The van der Waals surface area contributed by atoms with Crippen LogP contribution in [0.3, 0.4) is 0 Å². The van der Waals surface area contributed by atoms with Crippen LogP contribution in [0.2, 0.25) is 0 Å². The summed E-state index contributed by atoms with van der Waals surface area (Å²) < 4.78 is 13.0. The van der Waals surface area contributed by atoms with Crippen molar-refractivity contribution in [3.05, 3.63) is 29.6 Å². The second-order valence-corrected chi connectivity index (χ2v) is 3.63.